The van der Waals surface area contributed by atoms with E-state index in [4.69, 9.17) is 14.2 Å². The lowest BCUT2D eigenvalue weighted by Gasteiger charge is -2.13. The summed E-state index contributed by atoms with van der Waals surface area (Å²) in [6, 6.07) is 5.75. The third-order valence-electron chi connectivity index (χ3n) is 3.46. The summed E-state index contributed by atoms with van der Waals surface area (Å²) >= 11 is 6.66. The van der Waals surface area contributed by atoms with Crippen molar-refractivity contribution in [3.05, 3.63) is 49.9 Å². The van der Waals surface area contributed by atoms with Crippen molar-refractivity contribution in [3.8, 4) is 17.2 Å². The number of carbonyl (C=O) groups excluding carboxylic acids is 1. The summed E-state index contributed by atoms with van der Waals surface area (Å²) in [7, 11) is 4.30. The van der Waals surface area contributed by atoms with Gasteiger partial charge in [-0.3, -0.25) is 4.79 Å². The van der Waals surface area contributed by atoms with Crippen LogP contribution in [0.25, 0.3) is 0 Å². The molecule has 0 radical (unpaired) electrons. The Labute approximate surface area is 161 Å². The van der Waals surface area contributed by atoms with Crippen molar-refractivity contribution in [2.24, 2.45) is 0 Å². The van der Waals surface area contributed by atoms with Crippen molar-refractivity contribution in [2.45, 2.75) is 0 Å². The Bertz CT molecular complexity index is 824. The summed E-state index contributed by atoms with van der Waals surface area (Å²) in [6.45, 7) is 0. The van der Waals surface area contributed by atoms with Gasteiger partial charge in [-0.15, -0.1) is 0 Å². The minimum atomic E-state index is -1.24. The number of hydrogen-bond donors (Lipinski definition) is 1. The van der Waals surface area contributed by atoms with Crippen molar-refractivity contribution >= 4 is 43.6 Å². The van der Waals surface area contributed by atoms with Gasteiger partial charge in [0.1, 0.15) is 5.75 Å². The molecule has 2 rings (SSSR count). The van der Waals surface area contributed by atoms with Crippen LogP contribution in [0.2, 0.25) is 0 Å². The van der Waals surface area contributed by atoms with Gasteiger partial charge in [0.25, 0.3) is 0 Å². The van der Waals surface area contributed by atoms with Gasteiger partial charge in [0, 0.05) is 11.1 Å². The maximum Gasteiger partial charge on any atom is 0.336 e. The Morgan fingerprint density at radius 2 is 1.32 bits per heavy atom. The predicted octanol–water partition coefficient (Wildman–Crippen LogP) is 4.17. The monoisotopic (exact) mass is 472 g/mol. The first kappa shape index (κ1) is 19.3. The molecule has 8 heteroatoms. The van der Waals surface area contributed by atoms with Gasteiger partial charge in [0.15, 0.2) is 17.3 Å². The van der Waals surface area contributed by atoms with E-state index in [1.807, 2.05) is 0 Å². The molecule has 0 bridgehead atoms. The molecule has 0 heterocycles. The van der Waals surface area contributed by atoms with Gasteiger partial charge >= 0.3 is 5.97 Å². The van der Waals surface area contributed by atoms with E-state index in [0.717, 1.165) is 0 Å². The predicted molar refractivity (Wildman–Crippen MR) is 98.3 cm³/mol. The Hall–Kier alpha value is -2.06. The first-order chi connectivity index (χ1) is 11.8. The number of carboxylic acid groups (broad SMARTS) is 1. The highest BCUT2D eigenvalue weighted by molar-refractivity contribution is 9.11. The number of carbonyl (C=O) groups is 2. The zero-order valence-electron chi connectivity index (χ0n) is 13.6. The molecular weight excluding hydrogens is 460 g/mol. The highest BCUT2D eigenvalue weighted by atomic mass is 79.9. The number of methoxy groups -OCH3 is 3. The third-order valence-corrected chi connectivity index (χ3v) is 4.64. The second-order valence-corrected chi connectivity index (χ2v) is 6.57. The quantitative estimate of drug-likeness (QED) is 0.634. The van der Waals surface area contributed by atoms with E-state index < -0.39 is 11.8 Å². The average molecular weight is 474 g/mol. The number of hydrogen-bond acceptors (Lipinski definition) is 5. The summed E-state index contributed by atoms with van der Waals surface area (Å²) in [5.74, 6) is -0.684. The second kappa shape index (κ2) is 7.88. The van der Waals surface area contributed by atoms with Crippen LogP contribution < -0.4 is 14.2 Å². The van der Waals surface area contributed by atoms with Gasteiger partial charge < -0.3 is 19.3 Å². The lowest BCUT2D eigenvalue weighted by molar-refractivity contribution is 0.0692. The highest BCUT2D eigenvalue weighted by Crippen LogP contribution is 2.36. The molecule has 0 unspecified atom stereocenters. The Kier molecular flexibility index (Phi) is 6.07. The molecule has 0 saturated carbocycles. The second-order valence-electron chi connectivity index (χ2n) is 4.86. The fourth-order valence-electron chi connectivity index (χ4n) is 2.29. The fraction of sp³-hybridized carbons (Fsp3) is 0.176. The van der Waals surface area contributed by atoms with Crippen molar-refractivity contribution in [1.29, 1.82) is 0 Å². The van der Waals surface area contributed by atoms with Gasteiger partial charge in [-0.1, -0.05) is 0 Å². The van der Waals surface area contributed by atoms with Crippen LogP contribution in [0.1, 0.15) is 26.3 Å². The Balaban J connectivity index is 2.64. The molecule has 1 N–H and O–H groups in total. The molecule has 2 aromatic rings. The number of ether oxygens (including phenoxy) is 3. The average Bonchev–Trinajstić information content (AvgIpc) is 2.59. The number of rotatable bonds is 6. The molecule has 0 aliphatic rings. The van der Waals surface area contributed by atoms with Crippen LogP contribution >= 0.6 is 31.9 Å². The molecule has 2 aromatic carbocycles. The summed E-state index contributed by atoms with van der Waals surface area (Å²) in [5.41, 5.74) is 0.106. The van der Waals surface area contributed by atoms with E-state index in [0.29, 0.717) is 14.7 Å². The summed E-state index contributed by atoms with van der Waals surface area (Å²) in [4.78, 5) is 24.5. The Morgan fingerprint density at radius 3 is 1.72 bits per heavy atom. The van der Waals surface area contributed by atoms with E-state index in [2.05, 4.69) is 31.9 Å². The van der Waals surface area contributed by atoms with Gasteiger partial charge in [0.2, 0.25) is 0 Å². The number of aromatic carboxylic acids is 1. The molecule has 0 saturated heterocycles. The zero-order chi connectivity index (χ0) is 18.7. The Morgan fingerprint density at radius 1 is 0.840 bits per heavy atom. The summed E-state index contributed by atoms with van der Waals surface area (Å²) in [6.07, 6.45) is 0. The molecule has 6 nitrogen and oxygen atoms in total. The van der Waals surface area contributed by atoms with E-state index in [-0.39, 0.29) is 28.2 Å². The fourth-order valence-corrected chi connectivity index (χ4v) is 3.80. The lowest BCUT2D eigenvalue weighted by atomic mass is 9.97. The first-order valence-electron chi connectivity index (χ1n) is 6.91. The molecule has 0 atom stereocenters. The minimum absolute atomic E-state index is 0.00545. The van der Waals surface area contributed by atoms with Crippen molar-refractivity contribution < 1.29 is 28.9 Å². The van der Waals surface area contributed by atoms with E-state index in [1.165, 1.54) is 33.5 Å². The van der Waals surface area contributed by atoms with Crippen molar-refractivity contribution in [3.63, 3.8) is 0 Å². The van der Waals surface area contributed by atoms with Crippen LogP contribution in [0.15, 0.2) is 33.2 Å². The zero-order valence-corrected chi connectivity index (χ0v) is 16.7. The molecule has 0 fully saturated rings. The van der Waals surface area contributed by atoms with Crippen LogP contribution in [0, 0.1) is 0 Å². The van der Waals surface area contributed by atoms with E-state index >= 15 is 0 Å². The third kappa shape index (κ3) is 3.80. The van der Waals surface area contributed by atoms with E-state index in [9.17, 15) is 14.7 Å². The maximum atomic E-state index is 12.9. The summed E-state index contributed by atoms with van der Waals surface area (Å²) < 4.78 is 16.6. The SMILES string of the molecule is COc1cc(C(=O)O)c(C(=O)c2cc(Br)c(OC)c(Br)c2)cc1OC. The van der Waals surface area contributed by atoms with Gasteiger partial charge in [-0.05, 0) is 56.1 Å². The van der Waals surface area contributed by atoms with Gasteiger partial charge in [-0.2, -0.15) is 0 Å². The number of halogens is 2. The van der Waals surface area contributed by atoms with Crippen molar-refractivity contribution in [1.82, 2.24) is 0 Å². The molecule has 25 heavy (non-hydrogen) atoms. The standard InChI is InChI=1S/C17H14Br2O6/c1-23-13-6-9(10(17(21)22)7-14(13)24-2)15(20)8-4-11(18)16(25-3)12(19)5-8/h4-7H,1-3H3,(H,21,22). The molecule has 0 spiro atoms. The normalized spacial score (nSPS) is 10.3. The van der Waals surface area contributed by atoms with Crippen LogP contribution in [0.3, 0.4) is 0 Å². The van der Waals surface area contributed by atoms with Gasteiger partial charge in [0.05, 0.1) is 35.8 Å². The van der Waals surface area contributed by atoms with Gasteiger partial charge in [-0.25, -0.2) is 4.79 Å². The molecule has 0 aromatic heterocycles. The van der Waals surface area contributed by atoms with Crippen LogP contribution in [0.5, 0.6) is 17.2 Å². The number of carboxylic acids is 1. The molecule has 0 amide bonds. The lowest BCUT2D eigenvalue weighted by Crippen LogP contribution is -2.11. The molecule has 132 valence electrons. The maximum absolute atomic E-state index is 12.9. The minimum Gasteiger partial charge on any atom is -0.494 e. The van der Waals surface area contributed by atoms with Crippen LogP contribution in [-0.2, 0) is 0 Å². The highest BCUT2D eigenvalue weighted by Gasteiger charge is 2.23. The topological polar surface area (TPSA) is 82.1 Å². The van der Waals surface area contributed by atoms with Crippen LogP contribution in [0.4, 0.5) is 0 Å². The molecule has 0 aliphatic heterocycles. The number of ketones is 1. The smallest absolute Gasteiger partial charge is 0.336 e. The van der Waals surface area contributed by atoms with E-state index in [1.54, 1.807) is 12.1 Å². The van der Waals surface area contributed by atoms with Crippen molar-refractivity contribution in [2.75, 3.05) is 21.3 Å². The molecule has 0 aliphatic carbocycles. The first-order valence-corrected chi connectivity index (χ1v) is 8.49. The molecular formula is C17H14Br2O6. The largest absolute Gasteiger partial charge is 0.494 e. The van der Waals surface area contributed by atoms with Crippen LogP contribution in [-0.4, -0.2) is 38.2 Å². The number of benzene rings is 2. The summed E-state index contributed by atoms with van der Waals surface area (Å²) in [5, 5.41) is 9.45.